The highest BCUT2D eigenvalue weighted by Crippen LogP contribution is 2.31. The molecule has 0 fully saturated rings. The van der Waals surface area contributed by atoms with Gasteiger partial charge in [0.1, 0.15) is 0 Å². The average Bonchev–Trinajstić information content (AvgIpc) is 3.16. The Hall–Kier alpha value is -3.28. The second-order valence-electron chi connectivity index (χ2n) is 7.04. The standard InChI is InChI=1S/C22H23N5O/c23-22-25-19-15-27(14-18(19)21(26-22)17-10-6-12-24-13-17)20(28)11-5-4-9-16-7-2-1-3-8-16/h1-3,6-8,10,12-13H,4-5,9,11,14-15H2,(H2,23,25,26). The second kappa shape index (κ2) is 8.17. The smallest absolute Gasteiger partial charge is 0.223 e. The number of rotatable bonds is 6. The number of carbonyl (C=O) groups excluding carboxylic acids is 1. The maximum atomic E-state index is 12.7. The van der Waals surface area contributed by atoms with E-state index in [4.69, 9.17) is 5.73 Å². The molecule has 1 aromatic carbocycles. The van der Waals surface area contributed by atoms with Crippen LogP contribution in [0.2, 0.25) is 0 Å². The summed E-state index contributed by atoms with van der Waals surface area (Å²) >= 11 is 0. The molecule has 1 aliphatic heterocycles. The van der Waals surface area contributed by atoms with E-state index in [0.717, 1.165) is 41.8 Å². The number of nitrogens with zero attached hydrogens (tertiary/aromatic N) is 4. The minimum atomic E-state index is 0.154. The van der Waals surface area contributed by atoms with Crippen molar-refractivity contribution in [3.8, 4) is 11.3 Å². The van der Waals surface area contributed by atoms with Gasteiger partial charge in [-0.05, 0) is 37.0 Å². The Kier molecular flexibility index (Phi) is 5.28. The van der Waals surface area contributed by atoms with Gasteiger partial charge in [0.2, 0.25) is 11.9 Å². The summed E-state index contributed by atoms with van der Waals surface area (Å²) in [5, 5.41) is 0. The molecule has 1 amide bonds. The highest BCUT2D eigenvalue weighted by atomic mass is 16.2. The van der Waals surface area contributed by atoms with Crippen LogP contribution in [0.4, 0.5) is 5.95 Å². The highest BCUT2D eigenvalue weighted by Gasteiger charge is 2.28. The number of aryl methyl sites for hydroxylation is 1. The quantitative estimate of drug-likeness (QED) is 0.670. The molecule has 0 aliphatic carbocycles. The Balaban J connectivity index is 1.38. The summed E-state index contributed by atoms with van der Waals surface area (Å²) in [6.07, 6.45) is 6.91. The summed E-state index contributed by atoms with van der Waals surface area (Å²) in [7, 11) is 0. The molecule has 0 saturated carbocycles. The van der Waals surface area contributed by atoms with E-state index in [9.17, 15) is 4.79 Å². The van der Waals surface area contributed by atoms with Crippen molar-refractivity contribution >= 4 is 11.9 Å². The van der Waals surface area contributed by atoms with Gasteiger partial charge in [-0.2, -0.15) is 0 Å². The molecule has 3 aromatic rings. The van der Waals surface area contributed by atoms with Gasteiger partial charge in [0.15, 0.2) is 0 Å². The normalized spacial score (nSPS) is 12.8. The van der Waals surface area contributed by atoms with Crippen molar-refractivity contribution in [3.63, 3.8) is 0 Å². The number of pyridine rings is 1. The molecule has 1 aliphatic rings. The summed E-state index contributed by atoms with van der Waals surface area (Å²) in [6.45, 7) is 1.02. The lowest BCUT2D eigenvalue weighted by Crippen LogP contribution is -2.25. The van der Waals surface area contributed by atoms with Gasteiger partial charge in [-0.25, -0.2) is 9.97 Å². The fourth-order valence-electron chi connectivity index (χ4n) is 3.60. The molecule has 0 radical (unpaired) electrons. The number of benzene rings is 1. The fraction of sp³-hybridized carbons (Fsp3) is 0.273. The van der Waals surface area contributed by atoms with Gasteiger partial charge in [0.25, 0.3) is 0 Å². The Morgan fingerprint density at radius 3 is 2.68 bits per heavy atom. The minimum Gasteiger partial charge on any atom is -0.368 e. The lowest BCUT2D eigenvalue weighted by molar-refractivity contribution is -0.131. The lowest BCUT2D eigenvalue weighted by Gasteiger charge is -2.15. The van der Waals surface area contributed by atoms with Crippen LogP contribution in [0, 0.1) is 0 Å². The van der Waals surface area contributed by atoms with Gasteiger partial charge in [-0.1, -0.05) is 30.3 Å². The summed E-state index contributed by atoms with van der Waals surface area (Å²) in [6, 6.07) is 14.2. The average molecular weight is 373 g/mol. The monoisotopic (exact) mass is 373 g/mol. The molecule has 28 heavy (non-hydrogen) atoms. The second-order valence-corrected chi connectivity index (χ2v) is 7.04. The number of hydrogen-bond donors (Lipinski definition) is 1. The van der Waals surface area contributed by atoms with Crippen LogP contribution in [0.25, 0.3) is 11.3 Å². The van der Waals surface area contributed by atoms with Gasteiger partial charge < -0.3 is 10.6 Å². The first-order chi connectivity index (χ1) is 13.7. The predicted molar refractivity (Wildman–Crippen MR) is 108 cm³/mol. The van der Waals surface area contributed by atoms with Crippen molar-refractivity contribution < 1.29 is 4.79 Å². The van der Waals surface area contributed by atoms with Crippen LogP contribution in [0.1, 0.15) is 36.1 Å². The van der Waals surface area contributed by atoms with E-state index < -0.39 is 0 Å². The molecule has 0 unspecified atom stereocenters. The third kappa shape index (κ3) is 4.01. The van der Waals surface area contributed by atoms with Gasteiger partial charge >= 0.3 is 0 Å². The van der Waals surface area contributed by atoms with Crippen molar-refractivity contribution in [1.29, 1.82) is 0 Å². The van der Waals surface area contributed by atoms with Crippen LogP contribution in [0.3, 0.4) is 0 Å². The van der Waals surface area contributed by atoms with Crippen LogP contribution in [0.5, 0.6) is 0 Å². The summed E-state index contributed by atoms with van der Waals surface area (Å²) < 4.78 is 0. The highest BCUT2D eigenvalue weighted by molar-refractivity contribution is 5.78. The number of unbranched alkanes of at least 4 members (excludes halogenated alkanes) is 1. The number of anilines is 1. The van der Waals surface area contributed by atoms with Gasteiger partial charge in [0, 0.05) is 29.9 Å². The zero-order valence-corrected chi connectivity index (χ0v) is 15.7. The number of nitrogens with two attached hydrogens (primary N) is 1. The van der Waals surface area contributed by atoms with E-state index in [0.29, 0.717) is 19.5 Å². The largest absolute Gasteiger partial charge is 0.368 e. The molecular formula is C22H23N5O. The molecule has 6 heteroatoms. The number of nitrogen functional groups attached to an aromatic ring is 1. The first kappa shape index (κ1) is 18.1. The van der Waals surface area contributed by atoms with E-state index in [2.05, 4.69) is 39.2 Å². The van der Waals surface area contributed by atoms with Gasteiger partial charge in [0.05, 0.1) is 24.5 Å². The lowest BCUT2D eigenvalue weighted by atomic mass is 10.1. The number of hydrogen-bond acceptors (Lipinski definition) is 5. The van der Waals surface area contributed by atoms with E-state index in [-0.39, 0.29) is 11.9 Å². The van der Waals surface area contributed by atoms with Gasteiger partial charge in [-0.15, -0.1) is 0 Å². The Labute approximate surface area is 164 Å². The number of carbonyl (C=O) groups is 1. The zero-order valence-electron chi connectivity index (χ0n) is 15.7. The number of aromatic nitrogens is 3. The zero-order chi connectivity index (χ0) is 19.3. The predicted octanol–water partition coefficient (Wildman–Crippen LogP) is 3.38. The van der Waals surface area contributed by atoms with Crippen molar-refractivity contribution in [1.82, 2.24) is 19.9 Å². The summed E-state index contributed by atoms with van der Waals surface area (Å²) in [5.74, 6) is 0.386. The molecule has 0 atom stereocenters. The van der Waals surface area contributed by atoms with Crippen molar-refractivity contribution in [2.45, 2.75) is 38.8 Å². The van der Waals surface area contributed by atoms with Crippen LogP contribution in [0.15, 0.2) is 54.9 Å². The molecule has 3 heterocycles. The molecule has 0 spiro atoms. The van der Waals surface area contributed by atoms with Crippen LogP contribution in [-0.4, -0.2) is 25.8 Å². The van der Waals surface area contributed by atoms with Crippen LogP contribution < -0.4 is 5.73 Å². The third-order valence-corrected chi connectivity index (χ3v) is 5.04. The first-order valence-corrected chi connectivity index (χ1v) is 9.58. The molecule has 142 valence electrons. The van der Waals surface area contributed by atoms with Crippen molar-refractivity contribution in [3.05, 3.63) is 71.7 Å². The van der Waals surface area contributed by atoms with Crippen LogP contribution in [-0.2, 0) is 24.3 Å². The summed E-state index contributed by atoms with van der Waals surface area (Å²) in [4.78, 5) is 27.5. The fourth-order valence-corrected chi connectivity index (χ4v) is 3.60. The van der Waals surface area contributed by atoms with E-state index in [1.54, 1.807) is 12.4 Å². The number of fused-ring (bicyclic) bond motifs is 1. The maximum Gasteiger partial charge on any atom is 0.223 e. The van der Waals surface area contributed by atoms with Gasteiger partial charge in [-0.3, -0.25) is 9.78 Å². The molecule has 2 N–H and O–H groups in total. The molecule has 0 saturated heterocycles. The molecular weight excluding hydrogens is 350 g/mol. The topological polar surface area (TPSA) is 85.0 Å². The van der Waals surface area contributed by atoms with Crippen LogP contribution >= 0.6 is 0 Å². The van der Waals surface area contributed by atoms with Crippen molar-refractivity contribution in [2.75, 3.05) is 5.73 Å². The van der Waals surface area contributed by atoms with E-state index in [1.165, 1.54) is 5.56 Å². The SMILES string of the molecule is Nc1nc2c(c(-c3cccnc3)n1)CN(C(=O)CCCCc1ccccc1)C2. The first-order valence-electron chi connectivity index (χ1n) is 9.58. The Morgan fingerprint density at radius 2 is 1.89 bits per heavy atom. The Morgan fingerprint density at radius 1 is 1.04 bits per heavy atom. The molecule has 6 nitrogen and oxygen atoms in total. The molecule has 0 bridgehead atoms. The van der Waals surface area contributed by atoms with E-state index >= 15 is 0 Å². The summed E-state index contributed by atoms with van der Waals surface area (Å²) in [5.41, 5.74) is 10.7. The maximum absolute atomic E-state index is 12.7. The molecule has 2 aromatic heterocycles. The third-order valence-electron chi connectivity index (χ3n) is 5.04. The Bertz CT molecular complexity index is 959. The van der Waals surface area contributed by atoms with E-state index in [1.807, 2.05) is 23.1 Å². The van der Waals surface area contributed by atoms with Crippen molar-refractivity contribution in [2.24, 2.45) is 0 Å². The molecule has 4 rings (SSSR count). The minimum absolute atomic E-state index is 0.154. The number of amides is 1.